The average Bonchev–Trinajstić information content (AvgIpc) is 2.46. The number of carbonyl (C=O) groups excluding carboxylic acids is 1. The molecule has 0 bridgehead atoms. The maximum absolute atomic E-state index is 11.6. The summed E-state index contributed by atoms with van der Waals surface area (Å²) in [5.74, 6) is 3.21. The Balaban J connectivity index is 2.27. The number of rotatable bonds is 3. The van der Waals surface area contributed by atoms with E-state index in [-0.39, 0.29) is 11.9 Å². The van der Waals surface area contributed by atoms with Crippen LogP contribution in [0, 0.1) is 18.3 Å². The first-order valence-electron chi connectivity index (χ1n) is 5.98. The summed E-state index contributed by atoms with van der Waals surface area (Å²) in [5.41, 5.74) is 0. The first kappa shape index (κ1) is 12.1. The van der Waals surface area contributed by atoms with Gasteiger partial charge in [0.25, 0.3) is 0 Å². The van der Waals surface area contributed by atoms with Gasteiger partial charge < -0.3 is 5.32 Å². The zero-order valence-electron chi connectivity index (χ0n) is 9.59. The summed E-state index contributed by atoms with van der Waals surface area (Å²) in [4.78, 5) is 11.6. The van der Waals surface area contributed by atoms with Gasteiger partial charge in [-0.15, -0.1) is 6.42 Å². The lowest BCUT2D eigenvalue weighted by molar-refractivity contribution is -0.122. The molecule has 0 radical (unpaired) electrons. The molecule has 0 spiro atoms. The molecule has 1 unspecified atom stereocenters. The number of amides is 1. The third kappa shape index (κ3) is 4.88. The van der Waals surface area contributed by atoms with Gasteiger partial charge in [-0.25, -0.2) is 0 Å². The Labute approximate surface area is 92.8 Å². The highest BCUT2D eigenvalue weighted by atomic mass is 16.1. The first-order chi connectivity index (χ1) is 7.22. The number of terminal acetylenes is 1. The molecule has 0 aromatic heterocycles. The number of carbonyl (C=O) groups is 1. The van der Waals surface area contributed by atoms with Gasteiger partial charge in [0.15, 0.2) is 0 Å². The van der Waals surface area contributed by atoms with Crippen LogP contribution in [0.5, 0.6) is 0 Å². The van der Waals surface area contributed by atoms with Gasteiger partial charge in [-0.05, 0) is 25.7 Å². The molecular formula is C13H21NO. The predicted octanol–water partition coefficient (Wildman–Crippen LogP) is 2.48. The minimum atomic E-state index is -0.136. The molecule has 84 valence electrons. The van der Waals surface area contributed by atoms with E-state index >= 15 is 0 Å². The maximum Gasteiger partial charge on any atom is 0.221 e. The van der Waals surface area contributed by atoms with Crippen molar-refractivity contribution in [1.82, 2.24) is 5.32 Å². The van der Waals surface area contributed by atoms with Crippen molar-refractivity contribution in [1.29, 1.82) is 0 Å². The van der Waals surface area contributed by atoms with Gasteiger partial charge in [0.05, 0.1) is 6.04 Å². The van der Waals surface area contributed by atoms with Crippen molar-refractivity contribution in [3.8, 4) is 12.3 Å². The fourth-order valence-electron chi connectivity index (χ4n) is 2.17. The average molecular weight is 207 g/mol. The van der Waals surface area contributed by atoms with Crippen LogP contribution >= 0.6 is 0 Å². The van der Waals surface area contributed by atoms with E-state index in [0.29, 0.717) is 12.3 Å². The molecule has 1 aliphatic carbocycles. The zero-order chi connectivity index (χ0) is 11.1. The quantitative estimate of drug-likeness (QED) is 0.559. The van der Waals surface area contributed by atoms with E-state index < -0.39 is 0 Å². The molecule has 0 aromatic rings. The molecule has 0 aromatic carbocycles. The normalized spacial score (nSPS) is 20.0. The summed E-state index contributed by atoms with van der Waals surface area (Å²) in [6.07, 6.45) is 13.5. The highest BCUT2D eigenvalue weighted by molar-refractivity contribution is 5.76. The molecule has 1 amide bonds. The van der Waals surface area contributed by atoms with E-state index in [1.165, 1.54) is 38.5 Å². The van der Waals surface area contributed by atoms with Gasteiger partial charge in [-0.2, -0.15) is 0 Å². The van der Waals surface area contributed by atoms with Gasteiger partial charge in [0.2, 0.25) is 5.91 Å². The maximum atomic E-state index is 11.6. The van der Waals surface area contributed by atoms with Crippen molar-refractivity contribution in [3.05, 3.63) is 0 Å². The molecule has 15 heavy (non-hydrogen) atoms. The molecule has 1 N–H and O–H groups in total. The topological polar surface area (TPSA) is 29.1 Å². The summed E-state index contributed by atoms with van der Waals surface area (Å²) in [5, 5.41) is 2.82. The Morgan fingerprint density at radius 1 is 1.40 bits per heavy atom. The molecule has 1 saturated carbocycles. The van der Waals surface area contributed by atoms with Crippen molar-refractivity contribution in [2.24, 2.45) is 5.92 Å². The fourth-order valence-corrected chi connectivity index (χ4v) is 2.17. The van der Waals surface area contributed by atoms with Crippen LogP contribution in [0.15, 0.2) is 0 Å². The number of hydrogen-bond acceptors (Lipinski definition) is 1. The highest BCUT2D eigenvalue weighted by Gasteiger charge is 2.16. The second kappa shape index (κ2) is 6.50. The van der Waals surface area contributed by atoms with Crippen molar-refractivity contribution >= 4 is 5.91 Å². The van der Waals surface area contributed by atoms with Crippen LogP contribution < -0.4 is 5.32 Å². The lowest BCUT2D eigenvalue weighted by Crippen LogP contribution is -2.32. The van der Waals surface area contributed by atoms with Crippen LogP contribution in [0.3, 0.4) is 0 Å². The van der Waals surface area contributed by atoms with Gasteiger partial charge in [-0.1, -0.05) is 31.6 Å². The molecule has 0 saturated heterocycles. The van der Waals surface area contributed by atoms with Crippen molar-refractivity contribution < 1.29 is 4.79 Å². The summed E-state index contributed by atoms with van der Waals surface area (Å²) < 4.78 is 0. The Morgan fingerprint density at radius 2 is 2.00 bits per heavy atom. The monoisotopic (exact) mass is 207 g/mol. The van der Waals surface area contributed by atoms with E-state index in [1.54, 1.807) is 0 Å². The third-order valence-electron chi connectivity index (χ3n) is 3.08. The minimum absolute atomic E-state index is 0.118. The number of hydrogen-bond donors (Lipinski definition) is 1. The molecule has 2 nitrogen and oxygen atoms in total. The van der Waals surface area contributed by atoms with E-state index in [0.717, 1.165) is 0 Å². The van der Waals surface area contributed by atoms with Crippen LogP contribution in [-0.2, 0) is 4.79 Å². The minimum Gasteiger partial charge on any atom is -0.343 e. The summed E-state index contributed by atoms with van der Waals surface area (Å²) >= 11 is 0. The molecule has 0 aliphatic heterocycles. The van der Waals surface area contributed by atoms with Crippen LogP contribution in [0.1, 0.15) is 51.9 Å². The van der Waals surface area contributed by atoms with E-state index in [2.05, 4.69) is 11.2 Å². The molecule has 1 fully saturated rings. The predicted molar refractivity (Wildman–Crippen MR) is 62.2 cm³/mol. The molecular weight excluding hydrogens is 186 g/mol. The molecule has 1 rings (SSSR count). The smallest absolute Gasteiger partial charge is 0.221 e. The van der Waals surface area contributed by atoms with E-state index in [9.17, 15) is 4.79 Å². The van der Waals surface area contributed by atoms with Gasteiger partial charge in [0, 0.05) is 6.42 Å². The van der Waals surface area contributed by atoms with Crippen LogP contribution in [0.4, 0.5) is 0 Å². The van der Waals surface area contributed by atoms with Crippen LogP contribution in [0.25, 0.3) is 0 Å². The molecule has 0 heterocycles. The van der Waals surface area contributed by atoms with E-state index in [4.69, 9.17) is 6.42 Å². The largest absolute Gasteiger partial charge is 0.343 e. The summed E-state index contributed by atoms with van der Waals surface area (Å²) in [6, 6.07) is -0.136. The first-order valence-corrected chi connectivity index (χ1v) is 5.98. The van der Waals surface area contributed by atoms with Crippen molar-refractivity contribution in [3.63, 3.8) is 0 Å². The zero-order valence-corrected chi connectivity index (χ0v) is 9.59. The van der Waals surface area contributed by atoms with Crippen LogP contribution in [0.2, 0.25) is 0 Å². The standard InChI is InChI=1S/C13H21NO/c1-3-11(2)14-13(15)10-12-8-6-4-5-7-9-12/h1,11-12H,4-10H2,2H3,(H,14,15). The van der Waals surface area contributed by atoms with Crippen LogP contribution in [-0.4, -0.2) is 11.9 Å². The van der Waals surface area contributed by atoms with Gasteiger partial charge >= 0.3 is 0 Å². The van der Waals surface area contributed by atoms with Crippen molar-refractivity contribution in [2.75, 3.05) is 0 Å². The Hall–Kier alpha value is -0.970. The van der Waals surface area contributed by atoms with Gasteiger partial charge in [-0.3, -0.25) is 4.79 Å². The Kier molecular flexibility index (Phi) is 5.25. The van der Waals surface area contributed by atoms with E-state index in [1.807, 2.05) is 6.92 Å². The Bertz CT molecular complexity index is 233. The highest BCUT2D eigenvalue weighted by Crippen LogP contribution is 2.25. The number of nitrogens with one attached hydrogen (secondary N) is 1. The molecule has 1 aliphatic rings. The second-order valence-corrected chi connectivity index (χ2v) is 4.52. The van der Waals surface area contributed by atoms with Crippen molar-refractivity contribution in [2.45, 2.75) is 57.9 Å². The van der Waals surface area contributed by atoms with Gasteiger partial charge in [0.1, 0.15) is 0 Å². The molecule has 1 atom stereocenters. The lowest BCUT2D eigenvalue weighted by atomic mass is 9.96. The second-order valence-electron chi connectivity index (χ2n) is 4.52. The third-order valence-corrected chi connectivity index (χ3v) is 3.08. The SMILES string of the molecule is C#CC(C)NC(=O)CC1CCCCCC1. The Morgan fingerprint density at radius 3 is 2.53 bits per heavy atom. The fraction of sp³-hybridized carbons (Fsp3) is 0.769. The summed E-state index contributed by atoms with van der Waals surface area (Å²) in [6.45, 7) is 1.84. The lowest BCUT2D eigenvalue weighted by Gasteiger charge is -2.14. The molecule has 2 heteroatoms. The summed E-state index contributed by atoms with van der Waals surface area (Å²) in [7, 11) is 0.